The predicted octanol–water partition coefficient (Wildman–Crippen LogP) is 2.46. The average Bonchev–Trinajstić information content (AvgIpc) is 2.28. The molecule has 0 bridgehead atoms. The highest BCUT2D eigenvalue weighted by Gasteiger charge is 2.16. The lowest BCUT2D eigenvalue weighted by molar-refractivity contribution is -0.117. The number of halogens is 1. The Hall–Kier alpha value is -1.42. The minimum Gasteiger partial charge on any atom is -0.326 e. The van der Waals surface area contributed by atoms with Crippen molar-refractivity contribution < 1.29 is 9.18 Å². The highest BCUT2D eigenvalue weighted by atomic mass is 19.1. The van der Waals surface area contributed by atoms with Crippen molar-refractivity contribution in [3.05, 3.63) is 29.6 Å². The van der Waals surface area contributed by atoms with E-state index in [-0.39, 0.29) is 11.7 Å². The molecule has 2 rings (SSSR count). The lowest BCUT2D eigenvalue weighted by Gasteiger charge is -2.21. The molecule has 1 amide bonds. The number of aryl methyl sites for hydroxylation is 1. The molecule has 4 heteroatoms. The van der Waals surface area contributed by atoms with Gasteiger partial charge in [0.2, 0.25) is 5.91 Å². The summed E-state index contributed by atoms with van der Waals surface area (Å²) in [5.41, 5.74) is 1.36. The fraction of sp³-hybridized carbons (Fsp3) is 0.500. The maximum Gasteiger partial charge on any atom is 0.224 e. The second-order valence-corrected chi connectivity index (χ2v) is 4.96. The zero-order valence-electron chi connectivity index (χ0n) is 10.6. The van der Waals surface area contributed by atoms with Crippen LogP contribution in [0, 0.1) is 18.7 Å². The van der Waals surface area contributed by atoms with Crippen LogP contribution in [0.4, 0.5) is 10.1 Å². The SMILES string of the molecule is Cc1cc(F)cc(NC(=O)CC2CCNCC2)c1. The van der Waals surface area contributed by atoms with Gasteiger partial charge in [-0.2, -0.15) is 0 Å². The van der Waals surface area contributed by atoms with Crippen LogP contribution < -0.4 is 10.6 Å². The summed E-state index contributed by atoms with van der Waals surface area (Å²) >= 11 is 0. The van der Waals surface area contributed by atoms with E-state index in [1.807, 2.05) is 6.92 Å². The zero-order chi connectivity index (χ0) is 13.0. The fourth-order valence-electron chi connectivity index (χ4n) is 2.37. The number of rotatable bonds is 3. The molecule has 3 nitrogen and oxygen atoms in total. The van der Waals surface area contributed by atoms with E-state index in [4.69, 9.17) is 0 Å². The van der Waals surface area contributed by atoms with Crippen molar-refractivity contribution in [3.8, 4) is 0 Å². The number of carbonyl (C=O) groups is 1. The van der Waals surface area contributed by atoms with E-state index in [0.29, 0.717) is 18.0 Å². The van der Waals surface area contributed by atoms with E-state index in [1.165, 1.54) is 12.1 Å². The first kappa shape index (κ1) is 13.0. The van der Waals surface area contributed by atoms with Gasteiger partial charge in [-0.3, -0.25) is 4.79 Å². The molecular formula is C14H19FN2O. The van der Waals surface area contributed by atoms with Crippen molar-refractivity contribution in [1.82, 2.24) is 5.32 Å². The molecule has 1 aromatic carbocycles. The molecule has 0 atom stereocenters. The maximum absolute atomic E-state index is 13.2. The van der Waals surface area contributed by atoms with Crippen LogP contribution >= 0.6 is 0 Å². The Morgan fingerprint density at radius 1 is 1.39 bits per heavy atom. The van der Waals surface area contributed by atoms with Gasteiger partial charge in [0.1, 0.15) is 5.82 Å². The van der Waals surface area contributed by atoms with Crippen molar-refractivity contribution in [3.63, 3.8) is 0 Å². The topological polar surface area (TPSA) is 41.1 Å². The Morgan fingerprint density at radius 3 is 2.78 bits per heavy atom. The van der Waals surface area contributed by atoms with Crippen molar-refractivity contribution >= 4 is 11.6 Å². The number of hydrogen-bond donors (Lipinski definition) is 2. The number of benzene rings is 1. The summed E-state index contributed by atoms with van der Waals surface area (Å²) in [6.45, 7) is 3.78. The van der Waals surface area contributed by atoms with Gasteiger partial charge in [0.15, 0.2) is 0 Å². The molecule has 0 aromatic heterocycles. The summed E-state index contributed by atoms with van der Waals surface area (Å²) in [5.74, 6) is 0.111. The standard InChI is InChI=1S/C14H19FN2O/c1-10-6-12(15)9-13(7-10)17-14(18)8-11-2-4-16-5-3-11/h6-7,9,11,16H,2-5,8H2,1H3,(H,17,18). The molecule has 1 heterocycles. The van der Waals surface area contributed by atoms with Gasteiger partial charge in [-0.25, -0.2) is 4.39 Å². The van der Waals surface area contributed by atoms with Crippen LogP contribution in [0.5, 0.6) is 0 Å². The van der Waals surface area contributed by atoms with E-state index in [9.17, 15) is 9.18 Å². The molecule has 0 unspecified atom stereocenters. The molecule has 1 aliphatic heterocycles. The highest BCUT2D eigenvalue weighted by Crippen LogP contribution is 2.18. The summed E-state index contributed by atoms with van der Waals surface area (Å²) in [5, 5.41) is 6.04. The third-order valence-electron chi connectivity index (χ3n) is 3.26. The average molecular weight is 250 g/mol. The highest BCUT2D eigenvalue weighted by molar-refractivity contribution is 5.90. The van der Waals surface area contributed by atoms with E-state index in [0.717, 1.165) is 31.5 Å². The second kappa shape index (κ2) is 5.96. The van der Waals surface area contributed by atoms with E-state index < -0.39 is 0 Å². The minimum atomic E-state index is -0.313. The van der Waals surface area contributed by atoms with Crippen LogP contribution in [0.3, 0.4) is 0 Å². The smallest absolute Gasteiger partial charge is 0.224 e. The van der Waals surface area contributed by atoms with Gasteiger partial charge < -0.3 is 10.6 Å². The fourth-order valence-corrected chi connectivity index (χ4v) is 2.37. The molecule has 18 heavy (non-hydrogen) atoms. The van der Waals surface area contributed by atoms with Crippen LogP contribution in [0.15, 0.2) is 18.2 Å². The van der Waals surface area contributed by atoms with Gasteiger partial charge in [-0.1, -0.05) is 0 Å². The number of amides is 1. The van der Waals surface area contributed by atoms with E-state index in [2.05, 4.69) is 10.6 Å². The van der Waals surface area contributed by atoms with E-state index >= 15 is 0 Å². The molecule has 2 N–H and O–H groups in total. The van der Waals surface area contributed by atoms with Crippen LogP contribution in [0.25, 0.3) is 0 Å². The Bertz CT molecular complexity index is 408. The Labute approximate surface area is 107 Å². The Kier molecular flexibility index (Phi) is 4.31. The van der Waals surface area contributed by atoms with Gasteiger partial charge in [0.25, 0.3) is 0 Å². The summed E-state index contributed by atoms with van der Waals surface area (Å²) < 4.78 is 13.2. The molecule has 0 radical (unpaired) electrons. The van der Waals surface area contributed by atoms with Crippen molar-refractivity contribution in [1.29, 1.82) is 0 Å². The predicted molar refractivity (Wildman–Crippen MR) is 70.0 cm³/mol. The molecule has 1 aromatic rings. The van der Waals surface area contributed by atoms with E-state index in [1.54, 1.807) is 6.07 Å². The van der Waals surface area contributed by atoms with Crippen molar-refractivity contribution in [2.75, 3.05) is 18.4 Å². The van der Waals surface area contributed by atoms with Crippen LogP contribution in [0.1, 0.15) is 24.8 Å². The van der Waals surface area contributed by atoms with Crippen molar-refractivity contribution in [2.45, 2.75) is 26.2 Å². The second-order valence-electron chi connectivity index (χ2n) is 4.96. The summed E-state index contributed by atoms with van der Waals surface area (Å²) in [6, 6.07) is 4.58. The molecule has 98 valence electrons. The first-order valence-corrected chi connectivity index (χ1v) is 6.41. The first-order chi connectivity index (χ1) is 8.63. The molecule has 1 aliphatic rings. The number of hydrogen-bond acceptors (Lipinski definition) is 2. The normalized spacial score (nSPS) is 16.6. The molecular weight excluding hydrogens is 231 g/mol. The maximum atomic E-state index is 13.2. The molecule has 1 fully saturated rings. The van der Waals surface area contributed by atoms with Crippen LogP contribution in [-0.2, 0) is 4.79 Å². The number of nitrogens with one attached hydrogen (secondary N) is 2. The molecule has 1 saturated heterocycles. The number of carbonyl (C=O) groups excluding carboxylic acids is 1. The third kappa shape index (κ3) is 3.81. The lowest BCUT2D eigenvalue weighted by atomic mass is 9.94. The van der Waals surface area contributed by atoms with Crippen molar-refractivity contribution in [2.24, 2.45) is 5.92 Å². The van der Waals surface area contributed by atoms with Crippen LogP contribution in [-0.4, -0.2) is 19.0 Å². The van der Waals surface area contributed by atoms with Crippen LogP contribution in [0.2, 0.25) is 0 Å². The molecule has 0 aliphatic carbocycles. The van der Waals surface area contributed by atoms with Gasteiger partial charge in [0.05, 0.1) is 0 Å². The molecule has 0 saturated carbocycles. The van der Waals surface area contributed by atoms with Gasteiger partial charge in [-0.05, 0) is 62.5 Å². The van der Waals surface area contributed by atoms with Gasteiger partial charge in [0, 0.05) is 12.1 Å². The zero-order valence-corrected chi connectivity index (χ0v) is 10.6. The number of piperidine rings is 1. The van der Waals surface area contributed by atoms with Gasteiger partial charge >= 0.3 is 0 Å². The first-order valence-electron chi connectivity index (χ1n) is 6.41. The lowest BCUT2D eigenvalue weighted by Crippen LogP contribution is -2.30. The Balaban J connectivity index is 1.89. The summed E-state index contributed by atoms with van der Waals surface area (Å²) in [6.07, 6.45) is 2.60. The third-order valence-corrected chi connectivity index (χ3v) is 3.26. The number of anilines is 1. The minimum absolute atomic E-state index is 0.0214. The largest absolute Gasteiger partial charge is 0.326 e. The quantitative estimate of drug-likeness (QED) is 0.865. The Morgan fingerprint density at radius 2 is 2.11 bits per heavy atom. The summed E-state index contributed by atoms with van der Waals surface area (Å²) in [4.78, 5) is 11.8. The summed E-state index contributed by atoms with van der Waals surface area (Å²) in [7, 11) is 0. The molecule has 0 spiro atoms. The monoisotopic (exact) mass is 250 g/mol. The van der Waals surface area contributed by atoms with Gasteiger partial charge in [-0.15, -0.1) is 0 Å².